The van der Waals surface area contributed by atoms with Crippen LogP contribution >= 0.6 is 11.6 Å². The van der Waals surface area contributed by atoms with Gasteiger partial charge in [0.2, 0.25) is 7.05 Å². The van der Waals surface area contributed by atoms with Gasteiger partial charge in [-0.2, -0.15) is 0 Å². The monoisotopic (exact) mass is 301 g/mol. The molecule has 3 heteroatoms. The van der Waals surface area contributed by atoms with Crippen LogP contribution in [-0.2, 0) is 5.41 Å². The maximum atomic E-state index is 6.12. The molecule has 0 saturated carbocycles. The first-order valence-electron chi connectivity index (χ1n) is 7.10. The summed E-state index contributed by atoms with van der Waals surface area (Å²) in [5, 5.41) is 0.747. The molecule has 2 nitrogen and oxygen atoms in total. The van der Waals surface area contributed by atoms with E-state index in [2.05, 4.69) is 30.1 Å². The summed E-state index contributed by atoms with van der Waals surface area (Å²) in [5.74, 6) is 0. The standard InChI is InChI=1S/C18H22ClN2/c1-18(12-14-21(2,3)4,17-7-5-6-13-20-17)15-8-10-16(19)11-9-15/h2,5-11,13H,12,14H2,1,3-4H3/q+1. The highest BCUT2D eigenvalue weighted by atomic mass is 35.5. The maximum absolute atomic E-state index is 6.12. The lowest BCUT2D eigenvalue weighted by atomic mass is 9.76. The van der Waals surface area contributed by atoms with Crippen LogP contribution in [0.25, 0.3) is 0 Å². The molecule has 0 saturated heterocycles. The van der Waals surface area contributed by atoms with Gasteiger partial charge in [-0.05, 0) is 36.8 Å². The lowest BCUT2D eigenvalue weighted by molar-refractivity contribution is -0.846. The summed E-state index contributed by atoms with van der Waals surface area (Å²) in [6.07, 6.45) is 2.75. The third kappa shape index (κ3) is 4.05. The topological polar surface area (TPSA) is 12.9 Å². The molecule has 1 heterocycles. The number of halogens is 1. The molecule has 1 aromatic heterocycles. The van der Waals surface area contributed by atoms with E-state index in [0.717, 1.165) is 23.7 Å². The Hall–Kier alpha value is -1.38. The van der Waals surface area contributed by atoms with Gasteiger partial charge >= 0.3 is 0 Å². The molecule has 0 fully saturated rings. The first-order valence-corrected chi connectivity index (χ1v) is 7.48. The Bertz CT molecular complexity index is 572. The SMILES string of the molecule is [CH][N+](C)(C)CCC(C)(c1ccc(Cl)cc1)c1ccccn1. The molecule has 1 aromatic carbocycles. The summed E-state index contributed by atoms with van der Waals surface area (Å²) >= 11 is 6.02. The van der Waals surface area contributed by atoms with Gasteiger partial charge in [-0.3, -0.25) is 4.98 Å². The third-order valence-corrected chi connectivity index (χ3v) is 4.15. The van der Waals surface area contributed by atoms with Crippen molar-refractivity contribution in [1.82, 2.24) is 4.98 Å². The zero-order valence-electron chi connectivity index (χ0n) is 12.9. The molecule has 1 atom stereocenters. The molecule has 0 amide bonds. The lowest BCUT2D eigenvalue weighted by Gasteiger charge is -2.33. The lowest BCUT2D eigenvalue weighted by Crippen LogP contribution is -2.38. The van der Waals surface area contributed by atoms with E-state index in [4.69, 9.17) is 18.6 Å². The van der Waals surface area contributed by atoms with Crippen LogP contribution in [0.1, 0.15) is 24.6 Å². The van der Waals surface area contributed by atoms with Gasteiger partial charge in [0.1, 0.15) is 0 Å². The summed E-state index contributed by atoms with van der Waals surface area (Å²) in [7, 11) is 10.1. The molecule has 2 radical (unpaired) electrons. The van der Waals surface area contributed by atoms with Crippen LogP contribution in [0.2, 0.25) is 5.02 Å². The second-order valence-corrected chi connectivity index (χ2v) is 6.74. The van der Waals surface area contributed by atoms with Gasteiger partial charge < -0.3 is 4.48 Å². The molecular formula is C18H22ClN2+. The van der Waals surface area contributed by atoms with Gasteiger partial charge in [0.05, 0.1) is 26.3 Å². The summed E-state index contributed by atoms with van der Waals surface area (Å²) < 4.78 is 0.440. The molecule has 0 spiro atoms. The Labute approximate surface area is 133 Å². The normalized spacial score (nSPS) is 14.7. The van der Waals surface area contributed by atoms with E-state index < -0.39 is 0 Å². The Balaban J connectivity index is 2.41. The van der Waals surface area contributed by atoms with Gasteiger partial charge in [0, 0.05) is 23.1 Å². The number of pyridine rings is 1. The van der Waals surface area contributed by atoms with E-state index >= 15 is 0 Å². The average Bonchev–Trinajstić information content (AvgIpc) is 2.46. The first kappa shape index (κ1) is 16.0. The van der Waals surface area contributed by atoms with E-state index in [1.54, 1.807) is 0 Å². The summed E-state index contributed by atoms with van der Waals surface area (Å²) in [4.78, 5) is 4.57. The fourth-order valence-corrected chi connectivity index (χ4v) is 2.56. The first-order chi connectivity index (χ1) is 9.81. The molecule has 21 heavy (non-hydrogen) atoms. The van der Waals surface area contributed by atoms with Crippen LogP contribution in [-0.4, -0.2) is 30.1 Å². The highest BCUT2D eigenvalue weighted by Crippen LogP contribution is 2.35. The number of quaternary nitrogens is 1. The Kier molecular flexibility index (Phi) is 4.70. The molecule has 110 valence electrons. The zero-order chi connectivity index (χ0) is 15.5. The Morgan fingerprint density at radius 3 is 2.33 bits per heavy atom. The van der Waals surface area contributed by atoms with Crippen molar-refractivity contribution in [1.29, 1.82) is 0 Å². The Morgan fingerprint density at radius 2 is 1.81 bits per heavy atom. The van der Waals surface area contributed by atoms with Crippen molar-refractivity contribution in [2.45, 2.75) is 18.8 Å². The van der Waals surface area contributed by atoms with Crippen molar-refractivity contribution in [2.24, 2.45) is 0 Å². The van der Waals surface area contributed by atoms with Crippen molar-refractivity contribution >= 4 is 11.6 Å². The van der Waals surface area contributed by atoms with Gasteiger partial charge in [-0.25, -0.2) is 0 Å². The second kappa shape index (κ2) is 6.17. The van der Waals surface area contributed by atoms with Crippen LogP contribution < -0.4 is 0 Å². The van der Waals surface area contributed by atoms with Gasteiger partial charge in [-0.1, -0.05) is 29.8 Å². The van der Waals surface area contributed by atoms with Crippen LogP contribution in [0.3, 0.4) is 0 Å². The van der Waals surface area contributed by atoms with Crippen molar-refractivity contribution in [2.75, 3.05) is 20.6 Å². The highest BCUT2D eigenvalue weighted by Gasteiger charge is 2.32. The van der Waals surface area contributed by atoms with Crippen LogP contribution in [0, 0.1) is 7.05 Å². The smallest absolute Gasteiger partial charge is 0.206 e. The fourth-order valence-electron chi connectivity index (χ4n) is 2.44. The predicted octanol–water partition coefficient (Wildman–Crippen LogP) is 4.18. The molecule has 0 N–H and O–H groups in total. The molecule has 0 bridgehead atoms. The summed E-state index contributed by atoms with van der Waals surface area (Å²) in [6.45, 7) is 3.07. The molecule has 0 aliphatic rings. The predicted molar refractivity (Wildman–Crippen MR) is 88.0 cm³/mol. The molecular weight excluding hydrogens is 280 g/mol. The molecule has 2 rings (SSSR count). The maximum Gasteiger partial charge on any atom is 0.206 e. The van der Waals surface area contributed by atoms with Crippen LogP contribution in [0.15, 0.2) is 48.7 Å². The van der Waals surface area contributed by atoms with Crippen molar-refractivity contribution in [3.05, 3.63) is 72.0 Å². The van der Waals surface area contributed by atoms with E-state index in [0.29, 0.717) is 4.48 Å². The van der Waals surface area contributed by atoms with E-state index in [-0.39, 0.29) is 5.41 Å². The number of aromatic nitrogens is 1. The van der Waals surface area contributed by atoms with Gasteiger partial charge in [0.15, 0.2) is 0 Å². The zero-order valence-corrected chi connectivity index (χ0v) is 13.6. The van der Waals surface area contributed by atoms with Crippen molar-refractivity contribution < 1.29 is 4.48 Å². The van der Waals surface area contributed by atoms with Crippen LogP contribution in [0.4, 0.5) is 0 Å². The van der Waals surface area contributed by atoms with Gasteiger partial charge in [0.25, 0.3) is 0 Å². The number of nitrogens with zero attached hydrogens (tertiary/aromatic N) is 2. The quantitative estimate of drug-likeness (QED) is 0.755. The molecule has 0 aliphatic carbocycles. The minimum atomic E-state index is -0.180. The highest BCUT2D eigenvalue weighted by molar-refractivity contribution is 6.30. The van der Waals surface area contributed by atoms with Crippen molar-refractivity contribution in [3.8, 4) is 0 Å². The number of benzene rings is 1. The molecule has 2 aromatic rings. The minimum Gasteiger partial charge on any atom is -0.316 e. The number of hydrogen-bond acceptors (Lipinski definition) is 1. The van der Waals surface area contributed by atoms with Crippen LogP contribution in [0.5, 0.6) is 0 Å². The minimum absolute atomic E-state index is 0.180. The third-order valence-electron chi connectivity index (χ3n) is 3.90. The van der Waals surface area contributed by atoms with E-state index in [1.807, 2.05) is 44.6 Å². The molecule has 0 aliphatic heterocycles. The fraction of sp³-hybridized carbons (Fsp3) is 0.333. The number of hydrogen-bond donors (Lipinski definition) is 0. The largest absolute Gasteiger partial charge is 0.316 e. The van der Waals surface area contributed by atoms with E-state index in [1.165, 1.54) is 5.56 Å². The van der Waals surface area contributed by atoms with E-state index in [9.17, 15) is 0 Å². The average molecular weight is 302 g/mol. The van der Waals surface area contributed by atoms with Crippen molar-refractivity contribution in [3.63, 3.8) is 0 Å². The Morgan fingerprint density at radius 1 is 1.14 bits per heavy atom. The number of rotatable bonds is 5. The second-order valence-electron chi connectivity index (χ2n) is 6.31. The molecule has 1 unspecified atom stereocenters. The summed E-state index contributed by atoms with van der Waals surface area (Å²) in [6, 6.07) is 14.1. The van der Waals surface area contributed by atoms with Gasteiger partial charge in [-0.15, -0.1) is 0 Å². The summed E-state index contributed by atoms with van der Waals surface area (Å²) in [5.41, 5.74) is 2.08.